The Morgan fingerprint density at radius 3 is 2.26 bits per heavy atom. The molecule has 8 rings (SSSR count). The molecule has 396 valence electrons. The summed E-state index contributed by atoms with van der Waals surface area (Å²) in [7, 11) is 0. The first kappa shape index (κ1) is 53.7. The van der Waals surface area contributed by atoms with Crippen LogP contribution in [0.1, 0.15) is 116 Å². The van der Waals surface area contributed by atoms with Crippen LogP contribution in [-0.4, -0.2) is 137 Å². The molecule has 3 aromatic rings. The van der Waals surface area contributed by atoms with Crippen LogP contribution in [0.4, 0.5) is 0 Å². The summed E-state index contributed by atoms with van der Waals surface area (Å²) >= 11 is 0. The molecule has 1 saturated carbocycles. The van der Waals surface area contributed by atoms with Gasteiger partial charge in [-0.05, 0) is 97.3 Å². The second-order valence-electron chi connectivity index (χ2n) is 22.1. The normalized spacial score (nSPS) is 27.7. The number of rotatable bonds is 18. The minimum absolute atomic E-state index is 0.0182. The molecular formula is C54H72N6O13. The standard InChI is InChI=1S/C54H72N6O13/c1-52(2,3)59-50(66)39-26-33-18-11-12-19-34(33)28-60(39)29-40(68-43(62)23-24-44(63)69-46-45(41-30-67-53(4,5)71-41)70-51-47(46)72-54(6,7)73-51)37(25-31-15-9-8-10-16-31)57-49(65)38(27-42(55)61)58-48(64)36-22-21-32-17-13-14-20-35(32)56-36/h8-10,13-17,20-22,33-34,37-41,45-47,51H,11-12,18-19,23-30H2,1-7H3,(H2,55,61)(H,57,65)(H,58,64)(H,59,66)/t33?,34?,37-,38-,39-,40+,41?,45+,46-,47-,51?/m0/s1. The van der Waals surface area contributed by atoms with Gasteiger partial charge in [0, 0.05) is 24.0 Å². The lowest BCUT2D eigenvalue weighted by atomic mass is 9.72. The maximum atomic E-state index is 14.6. The average molecular weight is 1010 g/mol. The number of nitrogens with zero attached hydrogens (tertiary/aromatic N) is 2. The molecule has 5 heterocycles. The number of benzene rings is 2. The second-order valence-corrected chi connectivity index (χ2v) is 22.1. The molecule has 2 aromatic carbocycles. The van der Waals surface area contributed by atoms with Crippen LogP contribution >= 0.6 is 0 Å². The minimum atomic E-state index is -1.46. The number of aromatic nitrogens is 1. The maximum absolute atomic E-state index is 14.6. The zero-order valence-electron chi connectivity index (χ0n) is 43.0. The van der Waals surface area contributed by atoms with Crippen molar-refractivity contribution >= 4 is 46.5 Å². The van der Waals surface area contributed by atoms with Crippen LogP contribution in [0.5, 0.6) is 0 Å². The summed E-state index contributed by atoms with van der Waals surface area (Å²) in [6.45, 7) is 13.5. The van der Waals surface area contributed by atoms with Gasteiger partial charge in [0.1, 0.15) is 30.0 Å². The third-order valence-electron chi connectivity index (χ3n) is 14.2. The molecule has 4 amide bonds. The van der Waals surface area contributed by atoms with E-state index in [1.807, 2.05) is 63.2 Å². The van der Waals surface area contributed by atoms with Gasteiger partial charge in [-0.15, -0.1) is 0 Å². The van der Waals surface area contributed by atoms with E-state index >= 15 is 0 Å². The lowest BCUT2D eigenvalue weighted by molar-refractivity contribution is -0.235. The van der Waals surface area contributed by atoms with Crippen molar-refractivity contribution in [3.8, 4) is 0 Å². The Hall–Kier alpha value is -5.57. The fourth-order valence-corrected chi connectivity index (χ4v) is 10.8. The number of ether oxygens (including phenoxy) is 7. The average Bonchev–Trinajstić information content (AvgIpc) is 3.96. The van der Waals surface area contributed by atoms with E-state index in [0.717, 1.165) is 36.6 Å². The molecule has 5 N–H and O–H groups in total. The highest BCUT2D eigenvalue weighted by atomic mass is 16.9. The highest BCUT2D eigenvalue weighted by Crippen LogP contribution is 2.43. The molecule has 73 heavy (non-hydrogen) atoms. The van der Waals surface area contributed by atoms with Crippen molar-refractivity contribution in [3.63, 3.8) is 0 Å². The number of piperidine rings is 1. The Bertz CT molecular complexity index is 2480. The van der Waals surface area contributed by atoms with Crippen LogP contribution in [0.15, 0.2) is 66.7 Å². The van der Waals surface area contributed by atoms with Crippen molar-refractivity contribution in [2.24, 2.45) is 17.6 Å². The Morgan fingerprint density at radius 2 is 1.55 bits per heavy atom. The summed E-state index contributed by atoms with van der Waals surface area (Å²) in [5.41, 5.74) is 6.51. The van der Waals surface area contributed by atoms with Gasteiger partial charge in [0.15, 0.2) is 30.1 Å². The Labute approximate surface area is 426 Å². The van der Waals surface area contributed by atoms with E-state index in [2.05, 4.69) is 25.8 Å². The van der Waals surface area contributed by atoms with E-state index < -0.39 is 115 Å². The van der Waals surface area contributed by atoms with Gasteiger partial charge >= 0.3 is 11.9 Å². The third-order valence-corrected chi connectivity index (χ3v) is 14.2. The molecule has 0 spiro atoms. The molecular weight excluding hydrogens is 941 g/mol. The number of carbonyl (C=O) groups excluding carboxylic acids is 6. The van der Waals surface area contributed by atoms with Gasteiger partial charge in [-0.3, -0.25) is 33.7 Å². The van der Waals surface area contributed by atoms with Crippen LogP contribution in [0.2, 0.25) is 0 Å². The number of likely N-dealkylation sites (tertiary alicyclic amines) is 1. The van der Waals surface area contributed by atoms with Crippen LogP contribution < -0.4 is 21.7 Å². The number of para-hydroxylation sites is 1. The molecule has 1 aromatic heterocycles. The number of hydrogen-bond acceptors (Lipinski definition) is 15. The van der Waals surface area contributed by atoms with E-state index in [0.29, 0.717) is 24.4 Å². The van der Waals surface area contributed by atoms with E-state index in [9.17, 15) is 28.8 Å². The molecule has 0 radical (unpaired) electrons. The summed E-state index contributed by atoms with van der Waals surface area (Å²) in [6, 6.07) is 16.7. The van der Waals surface area contributed by atoms with Gasteiger partial charge in [-0.2, -0.15) is 0 Å². The smallest absolute Gasteiger partial charge is 0.306 e. The third kappa shape index (κ3) is 14.0. The van der Waals surface area contributed by atoms with Crippen molar-refractivity contribution < 1.29 is 61.9 Å². The summed E-state index contributed by atoms with van der Waals surface area (Å²) < 4.78 is 42.7. The zero-order chi connectivity index (χ0) is 52.2. The van der Waals surface area contributed by atoms with Crippen molar-refractivity contribution in [1.29, 1.82) is 0 Å². The molecule has 19 heteroatoms. The fraction of sp³-hybridized carbons (Fsp3) is 0.611. The summed E-state index contributed by atoms with van der Waals surface area (Å²) in [5.74, 6) is -5.27. The lowest BCUT2D eigenvalue weighted by Crippen LogP contribution is -2.61. The summed E-state index contributed by atoms with van der Waals surface area (Å²) in [5, 5.41) is 9.67. The number of pyridine rings is 1. The number of primary amides is 1. The Kier molecular flexibility index (Phi) is 16.6. The number of carbonyl (C=O) groups is 6. The van der Waals surface area contributed by atoms with Gasteiger partial charge in [-0.1, -0.05) is 73.9 Å². The van der Waals surface area contributed by atoms with Crippen molar-refractivity contribution in [2.75, 3.05) is 19.7 Å². The Balaban J connectivity index is 1.06. The largest absolute Gasteiger partial charge is 0.459 e. The Morgan fingerprint density at radius 1 is 0.836 bits per heavy atom. The van der Waals surface area contributed by atoms with Crippen molar-refractivity contribution in [3.05, 3.63) is 78.0 Å². The number of esters is 2. The molecule has 4 aliphatic heterocycles. The number of nitrogens with one attached hydrogen (secondary N) is 3. The SMILES string of the molecule is CC(C)(C)NC(=O)[C@@H]1CC2CCCCC2CN1C[C@@H](OC(=O)CCC(=O)O[C@H]1[C@@H](C2COC(C)(C)O2)OC2OC(C)(C)O[C@H]21)[C@H](Cc1ccccc1)NC(=O)[C@H](CC(N)=O)NC(=O)c1ccc2ccccc2n1. The van der Waals surface area contributed by atoms with E-state index in [-0.39, 0.29) is 43.5 Å². The van der Waals surface area contributed by atoms with Crippen LogP contribution in [0.25, 0.3) is 10.9 Å². The second kappa shape index (κ2) is 22.5. The molecule has 4 unspecified atom stereocenters. The van der Waals surface area contributed by atoms with E-state index in [4.69, 9.17) is 38.9 Å². The highest BCUT2D eigenvalue weighted by Gasteiger charge is 2.60. The molecule has 19 nitrogen and oxygen atoms in total. The predicted octanol–water partition coefficient (Wildman–Crippen LogP) is 4.36. The van der Waals surface area contributed by atoms with Gasteiger partial charge < -0.3 is 54.8 Å². The number of fused-ring (bicyclic) bond motifs is 3. The van der Waals surface area contributed by atoms with Gasteiger partial charge in [0.05, 0.1) is 43.5 Å². The molecule has 5 aliphatic rings. The number of hydrogen-bond donors (Lipinski definition) is 4. The van der Waals surface area contributed by atoms with E-state index in [1.165, 1.54) is 6.07 Å². The fourth-order valence-electron chi connectivity index (χ4n) is 10.8. The first-order valence-corrected chi connectivity index (χ1v) is 25.7. The summed E-state index contributed by atoms with van der Waals surface area (Å²) in [4.78, 5) is 89.9. The lowest BCUT2D eigenvalue weighted by Gasteiger charge is -2.47. The van der Waals surface area contributed by atoms with Crippen LogP contribution in [0.3, 0.4) is 0 Å². The molecule has 0 bridgehead atoms. The van der Waals surface area contributed by atoms with Gasteiger partial charge in [0.25, 0.3) is 5.91 Å². The maximum Gasteiger partial charge on any atom is 0.306 e. The topological polar surface area (TPSA) is 245 Å². The first-order chi connectivity index (χ1) is 34.6. The van der Waals surface area contributed by atoms with Crippen molar-refractivity contribution in [2.45, 2.75) is 178 Å². The highest BCUT2D eigenvalue weighted by molar-refractivity contribution is 5.99. The van der Waals surface area contributed by atoms with Gasteiger partial charge in [0.2, 0.25) is 17.7 Å². The van der Waals surface area contributed by atoms with Crippen LogP contribution in [-0.2, 0) is 63.6 Å². The summed E-state index contributed by atoms with van der Waals surface area (Å²) in [6.07, 6.45) is -1.61. The molecule has 4 saturated heterocycles. The quantitative estimate of drug-likeness (QED) is 0.129. The molecule has 1 aliphatic carbocycles. The van der Waals surface area contributed by atoms with Gasteiger partial charge in [-0.25, -0.2) is 4.98 Å². The number of amides is 4. The monoisotopic (exact) mass is 1010 g/mol. The molecule has 5 fully saturated rings. The van der Waals surface area contributed by atoms with Crippen molar-refractivity contribution in [1.82, 2.24) is 25.8 Å². The molecule has 11 atom stereocenters. The van der Waals surface area contributed by atoms with Crippen LogP contribution in [0, 0.1) is 11.8 Å². The first-order valence-electron chi connectivity index (χ1n) is 25.7. The predicted molar refractivity (Wildman–Crippen MR) is 265 cm³/mol. The zero-order valence-corrected chi connectivity index (χ0v) is 43.0. The number of nitrogens with two attached hydrogens (primary N) is 1. The minimum Gasteiger partial charge on any atom is -0.459 e. The van der Waals surface area contributed by atoms with E-state index in [1.54, 1.807) is 45.9 Å².